The van der Waals surface area contributed by atoms with E-state index in [4.69, 9.17) is 5.73 Å². The van der Waals surface area contributed by atoms with Crippen molar-refractivity contribution in [3.05, 3.63) is 36.0 Å². The largest absolute Gasteiger partial charge is 0.361 e. The van der Waals surface area contributed by atoms with Gasteiger partial charge in [-0.3, -0.25) is 4.79 Å². The number of benzene rings is 1. The Labute approximate surface area is 143 Å². The zero-order chi connectivity index (χ0) is 15.4. The van der Waals surface area contributed by atoms with Crippen LogP contribution >= 0.6 is 12.4 Å². The molecule has 0 saturated heterocycles. The third-order valence-electron chi connectivity index (χ3n) is 4.78. The summed E-state index contributed by atoms with van der Waals surface area (Å²) in [5.74, 6) is 0.0335. The number of nitrogens with two attached hydrogens (primary N) is 1. The molecule has 1 aromatic carbocycles. The van der Waals surface area contributed by atoms with Crippen molar-refractivity contribution in [1.29, 1.82) is 0 Å². The van der Waals surface area contributed by atoms with Gasteiger partial charge in [0.25, 0.3) is 0 Å². The van der Waals surface area contributed by atoms with Crippen LogP contribution in [0, 0.1) is 0 Å². The van der Waals surface area contributed by atoms with Crippen molar-refractivity contribution >= 4 is 29.2 Å². The fourth-order valence-corrected chi connectivity index (χ4v) is 3.40. The van der Waals surface area contributed by atoms with E-state index < -0.39 is 5.54 Å². The number of carbonyl (C=O) groups is 1. The van der Waals surface area contributed by atoms with E-state index in [2.05, 4.69) is 34.7 Å². The van der Waals surface area contributed by atoms with Gasteiger partial charge in [0.05, 0.1) is 5.54 Å². The van der Waals surface area contributed by atoms with Gasteiger partial charge in [-0.25, -0.2) is 0 Å². The average molecular weight is 336 g/mol. The van der Waals surface area contributed by atoms with Crippen LogP contribution in [0.15, 0.2) is 30.5 Å². The molecule has 1 amide bonds. The molecule has 0 bridgehead atoms. The molecule has 3 rings (SSSR count). The number of aromatic nitrogens is 1. The third-order valence-corrected chi connectivity index (χ3v) is 4.78. The number of fused-ring (bicyclic) bond motifs is 1. The number of H-pyrrole nitrogens is 1. The Bertz CT molecular complexity index is 647. The van der Waals surface area contributed by atoms with E-state index in [1.165, 1.54) is 22.9 Å². The first-order valence-electron chi connectivity index (χ1n) is 8.31. The summed E-state index contributed by atoms with van der Waals surface area (Å²) in [7, 11) is 0. The highest BCUT2D eigenvalue weighted by molar-refractivity contribution is 5.86. The van der Waals surface area contributed by atoms with Gasteiger partial charge < -0.3 is 16.0 Å². The molecule has 4 nitrogen and oxygen atoms in total. The maximum atomic E-state index is 12.3. The number of halogens is 1. The number of aryl methyl sites for hydroxylation is 1. The van der Waals surface area contributed by atoms with Crippen molar-refractivity contribution in [2.24, 2.45) is 5.73 Å². The second kappa shape index (κ2) is 7.84. The summed E-state index contributed by atoms with van der Waals surface area (Å²) in [6.45, 7) is 0.692. The summed E-state index contributed by atoms with van der Waals surface area (Å²) < 4.78 is 0. The third kappa shape index (κ3) is 4.06. The number of carbonyl (C=O) groups excluding carboxylic acids is 1. The normalized spacial score (nSPS) is 16.7. The summed E-state index contributed by atoms with van der Waals surface area (Å²) in [6, 6.07) is 8.31. The zero-order valence-corrected chi connectivity index (χ0v) is 14.3. The van der Waals surface area contributed by atoms with Gasteiger partial charge in [-0.1, -0.05) is 37.5 Å². The zero-order valence-electron chi connectivity index (χ0n) is 13.4. The van der Waals surface area contributed by atoms with Crippen LogP contribution in [0.4, 0.5) is 0 Å². The SMILES string of the molecule is Cl.NC1(C(=O)NCCCc2c[nH]c3ccccc23)CCCCC1. The smallest absolute Gasteiger partial charge is 0.240 e. The van der Waals surface area contributed by atoms with E-state index in [1.807, 2.05) is 6.07 Å². The Balaban J connectivity index is 0.00000192. The maximum absolute atomic E-state index is 12.3. The van der Waals surface area contributed by atoms with E-state index in [0.717, 1.165) is 38.5 Å². The van der Waals surface area contributed by atoms with Crippen LogP contribution in [0.5, 0.6) is 0 Å². The molecule has 0 radical (unpaired) electrons. The Morgan fingerprint density at radius 1 is 1.22 bits per heavy atom. The average Bonchev–Trinajstić information content (AvgIpc) is 2.95. The predicted molar refractivity (Wildman–Crippen MR) is 96.9 cm³/mol. The summed E-state index contributed by atoms with van der Waals surface area (Å²) >= 11 is 0. The lowest BCUT2D eigenvalue weighted by molar-refractivity contribution is -0.127. The molecule has 1 aliphatic rings. The van der Waals surface area contributed by atoms with Crippen LogP contribution in [-0.2, 0) is 11.2 Å². The molecule has 0 unspecified atom stereocenters. The molecule has 1 heterocycles. The molecule has 1 fully saturated rings. The molecular formula is C18H26ClN3O. The number of hydrogen-bond donors (Lipinski definition) is 3. The highest BCUT2D eigenvalue weighted by atomic mass is 35.5. The number of para-hydroxylation sites is 1. The highest BCUT2D eigenvalue weighted by Crippen LogP contribution is 2.26. The molecular weight excluding hydrogens is 310 g/mol. The standard InChI is InChI=1S/C18H25N3O.ClH/c19-18(10-4-1-5-11-18)17(22)20-12-6-7-14-13-21-16-9-3-2-8-15(14)16;/h2-3,8-9,13,21H,1,4-7,10-12,19H2,(H,20,22);1H. The van der Waals surface area contributed by atoms with Gasteiger partial charge in [-0.2, -0.15) is 0 Å². The first kappa shape index (κ1) is 17.8. The van der Waals surface area contributed by atoms with E-state index in [-0.39, 0.29) is 18.3 Å². The van der Waals surface area contributed by atoms with Gasteiger partial charge in [0.1, 0.15) is 0 Å². The van der Waals surface area contributed by atoms with E-state index in [0.29, 0.717) is 6.54 Å². The minimum Gasteiger partial charge on any atom is -0.361 e. The quantitative estimate of drug-likeness (QED) is 0.734. The van der Waals surface area contributed by atoms with Crippen molar-refractivity contribution in [2.45, 2.75) is 50.5 Å². The first-order valence-corrected chi connectivity index (χ1v) is 8.31. The van der Waals surface area contributed by atoms with E-state index in [9.17, 15) is 4.79 Å². The molecule has 1 saturated carbocycles. The molecule has 126 valence electrons. The number of rotatable bonds is 5. The number of hydrogen-bond acceptors (Lipinski definition) is 2. The molecule has 4 N–H and O–H groups in total. The Morgan fingerprint density at radius 3 is 2.74 bits per heavy atom. The molecule has 0 atom stereocenters. The predicted octanol–water partition coefficient (Wildman–Crippen LogP) is 3.30. The summed E-state index contributed by atoms with van der Waals surface area (Å²) in [5.41, 5.74) is 8.09. The summed E-state index contributed by atoms with van der Waals surface area (Å²) in [4.78, 5) is 15.5. The minimum atomic E-state index is -0.626. The second-order valence-electron chi connectivity index (χ2n) is 6.44. The molecule has 1 aromatic heterocycles. The lowest BCUT2D eigenvalue weighted by Gasteiger charge is -2.31. The van der Waals surface area contributed by atoms with Gasteiger partial charge >= 0.3 is 0 Å². The van der Waals surface area contributed by atoms with Crippen molar-refractivity contribution < 1.29 is 4.79 Å². The topological polar surface area (TPSA) is 70.9 Å². The minimum absolute atomic E-state index is 0. The van der Waals surface area contributed by atoms with E-state index >= 15 is 0 Å². The van der Waals surface area contributed by atoms with Crippen molar-refractivity contribution in [2.75, 3.05) is 6.54 Å². The molecule has 23 heavy (non-hydrogen) atoms. The van der Waals surface area contributed by atoms with Crippen LogP contribution in [0.3, 0.4) is 0 Å². The Kier molecular flexibility index (Phi) is 6.08. The number of aromatic amines is 1. The van der Waals surface area contributed by atoms with Crippen LogP contribution in [0.25, 0.3) is 10.9 Å². The fraction of sp³-hybridized carbons (Fsp3) is 0.500. The first-order chi connectivity index (χ1) is 10.7. The summed E-state index contributed by atoms with van der Waals surface area (Å²) in [5, 5.41) is 4.30. The van der Waals surface area contributed by atoms with Crippen LogP contribution in [0.2, 0.25) is 0 Å². The van der Waals surface area contributed by atoms with Gasteiger partial charge in [0.15, 0.2) is 0 Å². The van der Waals surface area contributed by atoms with Gasteiger partial charge in [0.2, 0.25) is 5.91 Å². The van der Waals surface area contributed by atoms with Gasteiger partial charge in [-0.05, 0) is 37.3 Å². The van der Waals surface area contributed by atoms with Crippen LogP contribution in [-0.4, -0.2) is 23.0 Å². The Morgan fingerprint density at radius 2 is 1.96 bits per heavy atom. The van der Waals surface area contributed by atoms with Crippen LogP contribution in [0.1, 0.15) is 44.1 Å². The highest BCUT2D eigenvalue weighted by Gasteiger charge is 2.34. The van der Waals surface area contributed by atoms with Gasteiger partial charge in [0, 0.05) is 23.6 Å². The lowest BCUT2D eigenvalue weighted by atomic mass is 9.82. The molecule has 0 aliphatic heterocycles. The Hall–Kier alpha value is -1.52. The molecule has 2 aromatic rings. The molecule has 0 spiro atoms. The monoisotopic (exact) mass is 335 g/mol. The van der Waals surface area contributed by atoms with Crippen molar-refractivity contribution in [1.82, 2.24) is 10.3 Å². The number of amides is 1. The van der Waals surface area contributed by atoms with Crippen molar-refractivity contribution in [3.8, 4) is 0 Å². The lowest BCUT2D eigenvalue weighted by Crippen LogP contribution is -2.55. The van der Waals surface area contributed by atoms with E-state index in [1.54, 1.807) is 0 Å². The van der Waals surface area contributed by atoms with Crippen LogP contribution < -0.4 is 11.1 Å². The second-order valence-corrected chi connectivity index (χ2v) is 6.44. The summed E-state index contributed by atoms with van der Waals surface area (Å²) in [6.07, 6.45) is 8.94. The van der Waals surface area contributed by atoms with Gasteiger partial charge in [-0.15, -0.1) is 12.4 Å². The number of nitrogens with one attached hydrogen (secondary N) is 2. The van der Waals surface area contributed by atoms with Crippen molar-refractivity contribution in [3.63, 3.8) is 0 Å². The molecule has 5 heteroatoms. The fourth-order valence-electron chi connectivity index (χ4n) is 3.40. The maximum Gasteiger partial charge on any atom is 0.240 e. The molecule has 1 aliphatic carbocycles.